The lowest BCUT2D eigenvalue weighted by Crippen LogP contribution is -2.41. The first-order chi connectivity index (χ1) is 15.7. The number of rotatable bonds is 10. The van der Waals surface area contributed by atoms with Crippen molar-refractivity contribution >= 4 is 29.3 Å². The van der Waals surface area contributed by atoms with Gasteiger partial charge >= 0.3 is 5.97 Å². The molecule has 0 spiro atoms. The highest BCUT2D eigenvalue weighted by atomic mass is 16.7. The molecule has 3 rings (SSSR count). The number of aliphatic hydroxyl groups excluding tert-OH is 1. The maximum absolute atomic E-state index is 12.4. The van der Waals surface area contributed by atoms with Gasteiger partial charge in [0.05, 0.1) is 18.6 Å². The fourth-order valence-electron chi connectivity index (χ4n) is 3.22. The highest BCUT2D eigenvalue weighted by molar-refractivity contribution is 5.96. The van der Waals surface area contributed by atoms with Crippen molar-refractivity contribution in [3.63, 3.8) is 0 Å². The zero-order chi connectivity index (χ0) is 24.0. The Balaban J connectivity index is 1.55. The van der Waals surface area contributed by atoms with Crippen LogP contribution in [0, 0.1) is 5.41 Å². The van der Waals surface area contributed by atoms with Crippen LogP contribution in [-0.4, -0.2) is 46.7 Å². The normalized spacial score (nSPS) is 13.6. The van der Waals surface area contributed by atoms with Gasteiger partial charge in [-0.25, -0.2) is 0 Å². The Bertz CT molecular complexity index is 1060. The van der Waals surface area contributed by atoms with E-state index in [2.05, 4.69) is 10.6 Å². The third-order valence-electron chi connectivity index (χ3n) is 4.92. The largest absolute Gasteiger partial charge is 0.481 e. The molecule has 0 saturated heterocycles. The van der Waals surface area contributed by atoms with E-state index in [0.29, 0.717) is 28.3 Å². The molecule has 2 atom stereocenters. The van der Waals surface area contributed by atoms with Gasteiger partial charge in [0.1, 0.15) is 5.84 Å². The number of aliphatic hydroxyl groups is 1. The van der Waals surface area contributed by atoms with Crippen LogP contribution in [0.5, 0.6) is 11.5 Å². The van der Waals surface area contributed by atoms with Gasteiger partial charge in [-0.2, -0.15) is 0 Å². The minimum absolute atomic E-state index is 0.0487. The standard InChI is InChI=1S/C22H24N4O7/c23-22(24)12-1-4-14(5-2-12)25-18(27)7-8-19(28)26-15(10-20(29)30)21(31)13-3-6-16-17(9-13)33-11-32-16/h1-6,9,15,21,31H,7-8,10-11H2,(H3,23,24)(H,25,27)(H,26,28)(H,29,30). The highest BCUT2D eigenvalue weighted by Gasteiger charge is 2.27. The molecule has 2 unspecified atom stereocenters. The van der Waals surface area contributed by atoms with Gasteiger partial charge in [-0.15, -0.1) is 0 Å². The van der Waals surface area contributed by atoms with Gasteiger partial charge in [-0.05, 0) is 42.0 Å². The summed E-state index contributed by atoms with van der Waals surface area (Å²) in [7, 11) is 0. The summed E-state index contributed by atoms with van der Waals surface area (Å²) in [6, 6.07) is 9.89. The number of nitrogen functional groups attached to an aromatic ring is 1. The number of aliphatic carboxylic acids is 1. The number of amides is 2. The second-order valence-corrected chi connectivity index (χ2v) is 7.37. The summed E-state index contributed by atoms with van der Waals surface area (Å²) in [5, 5.41) is 32.3. The molecule has 2 aromatic carbocycles. The molecule has 2 aromatic rings. The number of nitrogens with one attached hydrogen (secondary N) is 3. The van der Waals surface area contributed by atoms with Gasteiger partial charge in [-0.1, -0.05) is 6.07 Å². The molecule has 2 amide bonds. The fraction of sp³-hybridized carbons (Fsp3) is 0.273. The van der Waals surface area contributed by atoms with E-state index in [0.717, 1.165) is 0 Å². The molecule has 7 N–H and O–H groups in total. The van der Waals surface area contributed by atoms with Gasteiger partial charge in [-0.3, -0.25) is 19.8 Å². The summed E-state index contributed by atoms with van der Waals surface area (Å²) in [5.74, 6) is -1.38. The van der Waals surface area contributed by atoms with Crippen LogP contribution in [0.25, 0.3) is 0 Å². The Hall–Kier alpha value is -4.12. The van der Waals surface area contributed by atoms with E-state index in [1.54, 1.807) is 36.4 Å². The first-order valence-electron chi connectivity index (χ1n) is 10.1. The van der Waals surface area contributed by atoms with Crippen LogP contribution in [0.4, 0.5) is 5.69 Å². The van der Waals surface area contributed by atoms with E-state index >= 15 is 0 Å². The second kappa shape index (κ2) is 10.5. The van der Waals surface area contributed by atoms with Crippen LogP contribution in [0.15, 0.2) is 42.5 Å². The molecule has 0 bridgehead atoms. The van der Waals surface area contributed by atoms with E-state index in [4.69, 9.17) is 20.6 Å². The zero-order valence-corrected chi connectivity index (χ0v) is 17.5. The smallest absolute Gasteiger partial charge is 0.305 e. The minimum atomic E-state index is -1.31. The van der Waals surface area contributed by atoms with Crippen LogP contribution in [0.1, 0.15) is 36.5 Å². The van der Waals surface area contributed by atoms with Gasteiger partial charge < -0.3 is 36.1 Å². The van der Waals surface area contributed by atoms with Crippen molar-refractivity contribution in [2.75, 3.05) is 12.1 Å². The van der Waals surface area contributed by atoms with Gasteiger partial charge in [0.25, 0.3) is 0 Å². The minimum Gasteiger partial charge on any atom is -0.481 e. The molecule has 1 heterocycles. The van der Waals surface area contributed by atoms with Crippen LogP contribution >= 0.6 is 0 Å². The number of carboxylic acid groups (broad SMARTS) is 1. The summed E-state index contributed by atoms with van der Waals surface area (Å²) in [4.78, 5) is 35.8. The number of hydrogen-bond donors (Lipinski definition) is 6. The summed E-state index contributed by atoms with van der Waals surface area (Å²) in [5.41, 5.74) is 6.73. The van der Waals surface area contributed by atoms with Crippen LogP contribution in [0.2, 0.25) is 0 Å². The molecule has 0 aromatic heterocycles. The Labute approximate surface area is 189 Å². The molecule has 0 saturated carbocycles. The number of anilines is 1. The third-order valence-corrected chi connectivity index (χ3v) is 4.92. The molecule has 0 fully saturated rings. The lowest BCUT2D eigenvalue weighted by atomic mass is 9.99. The number of amidine groups is 1. The van der Waals surface area contributed by atoms with E-state index < -0.39 is 36.4 Å². The second-order valence-electron chi connectivity index (χ2n) is 7.37. The maximum atomic E-state index is 12.4. The van der Waals surface area contributed by atoms with Crippen molar-refractivity contribution in [3.8, 4) is 11.5 Å². The van der Waals surface area contributed by atoms with Crippen molar-refractivity contribution in [1.82, 2.24) is 5.32 Å². The Kier molecular flexibility index (Phi) is 7.46. The molecular formula is C22H24N4O7. The maximum Gasteiger partial charge on any atom is 0.305 e. The Morgan fingerprint density at radius 1 is 1.03 bits per heavy atom. The molecule has 33 heavy (non-hydrogen) atoms. The quantitative estimate of drug-likeness (QED) is 0.227. The van der Waals surface area contributed by atoms with E-state index in [9.17, 15) is 24.6 Å². The Morgan fingerprint density at radius 2 is 1.70 bits per heavy atom. The van der Waals surface area contributed by atoms with Crippen LogP contribution < -0.4 is 25.8 Å². The predicted octanol–water partition coefficient (Wildman–Crippen LogP) is 1.11. The average molecular weight is 456 g/mol. The summed E-state index contributed by atoms with van der Waals surface area (Å²) >= 11 is 0. The lowest BCUT2D eigenvalue weighted by Gasteiger charge is -2.23. The molecule has 1 aliphatic heterocycles. The van der Waals surface area contributed by atoms with Crippen molar-refractivity contribution in [3.05, 3.63) is 53.6 Å². The van der Waals surface area contributed by atoms with Crippen molar-refractivity contribution < 1.29 is 34.1 Å². The predicted molar refractivity (Wildman–Crippen MR) is 117 cm³/mol. The molecule has 174 valence electrons. The molecule has 11 nitrogen and oxygen atoms in total. The molecule has 0 radical (unpaired) electrons. The first kappa shape index (κ1) is 23.5. The van der Waals surface area contributed by atoms with Crippen LogP contribution in [0.3, 0.4) is 0 Å². The number of hydrogen-bond acceptors (Lipinski definition) is 7. The fourth-order valence-corrected chi connectivity index (χ4v) is 3.22. The first-order valence-corrected chi connectivity index (χ1v) is 10.1. The highest BCUT2D eigenvalue weighted by Crippen LogP contribution is 2.35. The molecular weight excluding hydrogens is 432 g/mol. The summed E-state index contributed by atoms with van der Waals surface area (Å²) in [6.45, 7) is 0.0487. The third kappa shape index (κ3) is 6.43. The number of carbonyl (C=O) groups is 3. The number of carbonyl (C=O) groups excluding carboxylic acids is 2. The van der Waals surface area contributed by atoms with E-state index in [1.807, 2.05) is 0 Å². The number of benzene rings is 2. The summed E-state index contributed by atoms with van der Waals surface area (Å²) < 4.78 is 10.5. The molecule has 0 aliphatic carbocycles. The van der Waals surface area contributed by atoms with Gasteiger partial charge in [0, 0.05) is 24.1 Å². The average Bonchev–Trinajstić information content (AvgIpc) is 3.25. The van der Waals surface area contributed by atoms with Crippen molar-refractivity contribution in [2.45, 2.75) is 31.4 Å². The number of fused-ring (bicyclic) bond motifs is 1. The number of nitrogens with two attached hydrogens (primary N) is 1. The number of carboxylic acids is 1. The molecule has 1 aliphatic rings. The van der Waals surface area contributed by atoms with Crippen molar-refractivity contribution in [2.24, 2.45) is 5.73 Å². The van der Waals surface area contributed by atoms with Crippen LogP contribution in [-0.2, 0) is 14.4 Å². The topological polar surface area (TPSA) is 184 Å². The zero-order valence-electron chi connectivity index (χ0n) is 17.5. The van der Waals surface area contributed by atoms with E-state index in [-0.39, 0.29) is 25.5 Å². The summed E-state index contributed by atoms with van der Waals surface area (Å²) in [6.07, 6.45) is -2.19. The van der Waals surface area contributed by atoms with Gasteiger partial charge in [0.15, 0.2) is 11.5 Å². The monoisotopic (exact) mass is 456 g/mol. The van der Waals surface area contributed by atoms with E-state index in [1.165, 1.54) is 6.07 Å². The molecule has 11 heteroatoms. The number of ether oxygens (including phenoxy) is 2. The van der Waals surface area contributed by atoms with Crippen molar-refractivity contribution in [1.29, 1.82) is 5.41 Å². The lowest BCUT2D eigenvalue weighted by molar-refractivity contribution is -0.138. The Morgan fingerprint density at radius 3 is 2.36 bits per heavy atom. The SMILES string of the molecule is N=C(N)c1ccc(NC(=O)CCC(=O)NC(CC(=O)O)C(O)c2ccc3c(c2)OCO3)cc1. The van der Waals surface area contributed by atoms with Gasteiger partial charge in [0.2, 0.25) is 18.6 Å².